The molecule has 0 unspecified atom stereocenters. The number of likely N-dealkylation sites (tertiary alicyclic amines) is 1. The summed E-state index contributed by atoms with van der Waals surface area (Å²) in [7, 11) is 0. The molecule has 9 nitrogen and oxygen atoms in total. The Labute approximate surface area is 234 Å². The van der Waals surface area contributed by atoms with Gasteiger partial charge in [-0.25, -0.2) is 0 Å². The standard InChI is InChI=1S/C31H38N4O5/c36-27-10-17-35(29(38)24-8-9-26-23(20-24)6-5-15-33-26)16-4-2-11-31(30(39)40-22-28(27)37)12-18-34(19-13-31)21-25-7-1-3-14-32-25/h1,3,5-9,14-15,20,27-28,36-37H,2,4,10-13,16-19,21-22H2/t27-,28+/m0/s1. The van der Waals surface area contributed by atoms with E-state index < -0.39 is 17.6 Å². The number of hydrogen-bond acceptors (Lipinski definition) is 8. The monoisotopic (exact) mass is 546 g/mol. The Hall–Kier alpha value is -3.40. The molecule has 3 aromatic rings. The van der Waals surface area contributed by atoms with Crippen molar-refractivity contribution in [3.8, 4) is 0 Å². The van der Waals surface area contributed by atoms with Crippen molar-refractivity contribution in [2.45, 2.75) is 57.3 Å². The Morgan fingerprint density at radius 2 is 1.75 bits per heavy atom. The molecule has 2 N–H and O–H groups in total. The summed E-state index contributed by atoms with van der Waals surface area (Å²) >= 11 is 0. The molecule has 4 heterocycles. The van der Waals surface area contributed by atoms with Crippen LogP contribution in [0.4, 0.5) is 0 Å². The van der Waals surface area contributed by atoms with Crippen molar-refractivity contribution in [1.82, 2.24) is 19.8 Å². The van der Waals surface area contributed by atoms with Crippen LogP contribution in [0.25, 0.3) is 10.9 Å². The number of nitrogens with zero attached hydrogens (tertiary/aromatic N) is 4. The lowest BCUT2D eigenvalue weighted by atomic mass is 9.74. The number of amides is 1. The molecule has 0 radical (unpaired) electrons. The largest absolute Gasteiger partial charge is 0.462 e. The maximum Gasteiger partial charge on any atom is 0.312 e. The number of carbonyl (C=O) groups excluding carboxylic acids is 2. The van der Waals surface area contributed by atoms with Crippen LogP contribution in [0.15, 0.2) is 60.9 Å². The molecule has 2 atom stereocenters. The second-order valence-electron chi connectivity index (χ2n) is 11.1. The number of aliphatic hydroxyl groups is 2. The molecule has 2 fully saturated rings. The Balaban J connectivity index is 1.27. The molecule has 0 aliphatic carbocycles. The van der Waals surface area contributed by atoms with Crippen molar-refractivity contribution >= 4 is 22.8 Å². The summed E-state index contributed by atoms with van der Waals surface area (Å²) in [6, 6.07) is 15.1. The molecule has 2 aliphatic heterocycles. The van der Waals surface area contributed by atoms with Crippen LogP contribution >= 0.6 is 0 Å². The number of fused-ring (bicyclic) bond motifs is 1. The van der Waals surface area contributed by atoms with Crippen LogP contribution in [-0.2, 0) is 16.1 Å². The van der Waals surface area contributed by atoms with E-state index in [1.54, 1.807) is 23.4 Å². The molecule has 5 rings (SSSR count). The van der Waals surface area contributed by atoms with E-state index in [2.05, 4.69) is 14.9 Å². The summed E-state index contributed by atoms with van der Waals surface area (Å²) in [4.78, 5) is 39.7. The van der Waals surface area contributed by atoms with Gasteiger partial charge in [0.05, 0.1) is 22.7 Å². The Morgan fingerprint density at radius 1 is 0.925 bits per heavy atom. The molecule has 1 aromatic carbocycles. The van der Waals surface area contributed by atoms with Crippen LogP contribution < -0.4 is 0 Å². The summed E-state index contributed by atoms with van der Waals surface area (Å²) < 4.78 is 5.60. The molecule has 2 saturated heterocycles. The minimum absolute atomic E-state index is 0.118. The van der Waals surface area contributed by atoms with Gasteiger partial charge in [0.2, 0.25) is 0 Å². The highest BCUT2D eigenvalue weighted by molar-refractivity contribution is 5.97. The van der Waals surface area contributed by atoms with E-state index in [1.165, 1.54) is 0 Å². The number of esters is 1. The smallest absolute Gasteiger partial charge is 0.312 e. The molecule has 0 saturated carbocycles. The number of rotatable bonds is 3. The predicted molar refractivity (Wildman–Crippen MR) is 150 cm³/mol. The summed E-state index contributed by atoms with van der Waals surface area (Å²) in [5, 5.41) is 22.0. The number of benzene rings is 1. The summed E-state index contributed by atoms with van der Waals surface area (Å²) in [6.07, 6.45) is 4.85. The highest BCUT2D eigenvalue weighted by Gasteiger charge is 2.42. The molecular weight excluding hydrogens is 508 g/mol. The molecule has 40 heavy (non-hydrogen) atoms. The number of carbonyl (C=O) groups is 2. The van der Waals surface area contributed by atoms with Crippen molar-refractivity contribution < 1.29 is 24.5 Å². The Bertz CT molecular complexity index is 1300. The lowest BCUT2D eigenvalue weighted by Gasteiger charge is -2.40. The van der Waals surface area contributed by atoms with Crippen molar-refractivity contribution in [2.75, 3.05) is 32.8 Å². The lowest BCUT2D eigenvalue weighted by molar-refractivity contribution is -0.165. The maximum absolute atomic E-state index is 13.5. The first-order chi connectivity index (χ1) is 19.4. The van der Waals surface area contributed by atoms with Crippen LogP contribution in [0.1, 0.15) is 54.6 Å². The third kappa shape index (κ3) is 6.66. The molecule has 212 valence electrons. The third-order valence-corrected chi connectivity index (χ3v) is 8.35. The maximum atomic E-state index is 13.5. The lowest BCUT2D eigenvalue weighted by Crippen LogP contribution is -2.46. The average Bonchev–Trinajstić information content (AvgIpc) is 3.00. The van der Waals surface area contributed by atoms with E-state index >= 15 is 0 Å². The van der Waals surface area contributed by atoms with Gasteiger partial charge in [0.15, 0.2) is 0 Å². The number of ether oxygens (including phenoxy) is 1. The molecule has 2 aliphatic rings. The predicted octanol–water partition coefficient (Wildman–Crippen LogP) is 3.19. The highest BCUT2D eigenvalue weighted by atomic mass is 16.5. The number of cyclic esters (lactones) is 1. The van der Waals surface area contributed by atoms with E-state index in [-0.39, 0.29) is 24.9 Å². The zero-order valence-electron chi connectivity index (χ0n) is 22.8. The van der Waals surface area contributed by atoms with E-state index in [9.17, 15) is 19.8 Å². The van der Waals surface area contributed by atoms with Crippen LogP contribution in [0, 0.1) is 5.41 Å². The molecule has 9 heteroatoms. The number of aromatic nitrogens is 2. The van der Waals surface area contributed by atoms with Gasteiger partial charge in [0.1, 0.15) is 12.7 Å². The van der Waals surface area contributed by atoms with Gasteiger partial charge in [-0.05, 0) is 81.6 Å². The fourth-order valence-electron chi connectivity index (χ4n) is 5.79. The van der Waals surface area contributed by atoms with Gasteiger partial charge in [0.25, 0.3) is 5.91 Å². The van der Waals surface area contributed by atoms with Crippen molar-refractivity contribution in [3.05, 3.63) is 72.2 Å². The summed E-state index contributed by atoms with van der Waals surface area (Å²) in [5.74, 6) is -0.416. The second-order valence-corrected chi connectivity index (χ2v) is 11.1. The average molecular weight is 547 g/mol. The van der Waals surface area contributed by atoms with Gasteiger partial charge in [-0.15, -0.1) is 0 Å². The normalized spacial score (nSPS) is 23.1. The quantitative estimate of drug-likeness (QED) is 0.482. The minimum Gasteiger partial charge on any atom is -0.462 e. The van der Waals surface area contributed by atoms with Crippen LogP contribution in [0.5, 0.6) is 0 Å². The van der Waals surface area contributed by atoms with Gasteiger partial charge in [-0.1, -0.05) is 18.6 Å². The summed E-state index contributed by atoms with van der Waals surface area (Å²) in [6.45, 7) is 2.77. The molecule has 0 bridgehead atoms. The van der Waals surface area contributed by atoms with Crippen LogP contribution in [0.2, 0.25) is 0 Å². The van der Waals surface area contributed by atoms with E-state index in [0.717, 1.165) is 49.1 Å². The minimum atomic E-state index is -1.21. The third-order valence-electron chi connectivity index (χ3n) is 8.35. The van der Waals surface area contributed by atoms with Crippen molar-refractivity contribution in [1.29, 1.82) is 0 Å². The Kier molecular flexibility index (Phi) is 9.04. The molecule has 2 aromatic heterocycles. The van der Waals surface area contributed by atoms with Gasteiger partial charge in [0, 0.05) is 43.0 Å². The number of hydrogen-bond donors (Lipinski definition) is 2. The fourth-order valence-corrected chi connectivity index (χ4v) is 5.79. The van der Waals surface area contributed by atoms with Gasteiger partial charge < -0.3 is 19.8 Å². The van der Waals surface area contributed by atoms with Crippen molar-refractivity contribution in [3.63, 3.8) is 0 Å². The first-order valence-electron chi connectivity index (χ1n) is 14.2. The van der Waals surface area contributed by atoms with Gasteiger partial charge in [-0.3, -0.25) is 24.5 Å². The highest BCUT2D eigenvalue weighted by Crippen LogP contribution is 2.38. The van der Waals surface area contributed by atoms with E-state index in [4.69, 9.17) is 4.74 Å². The van der Waals surface area contributed by atoms with Crippen LogP contribution in [0.3, 0.4) is 0 Å². The zero-order chi connectivity index (χ0) is 28.0. The van der Waals surface area contributed by atoms with E-state index in [0.29, 0.717) is 37.9 Å². The number of pyridine rings is 2. The molecule has 1 amide bonds. The SMILES string of the molecule is O=C(c1ccc2ncccc2c1)N1CCCCC2(CCN(Cc3ccccn3)CC2)C(=O)OC[C@@H](O)[C@@H](O)CC1. The first kappa shape index (κ1) is 28.1. The van der Waals surface area contributed by atoms with Gasteiger partial charge >= 0.3 is 5.97 Å². The van der Waals surface area contributed by atoms with Crippen molar-refractivity contribution in [2.24, 2.45) is 5.41 Å². The zero-order valence-corrected chi connectivity index (χ0v) is 22.8. The van der Waals surface area contributed by atoms with Gasteiger partial charge in [-0.2, -0.15) is 0 Å². The number of piperidine rings is 1. The summed E-state index contributed by atoms with van der Waals surface area (Å²) in [5.41, 5.74) is 1.75. The Morgan fingerprint density at radius 3 is 2.55 bits per heavy atom. The second kappa shape index (κ2) is 12.8. The number of aliphatic hydroxyl groups excluding tert-OH is 2. The first-order valence-corrected chi connectivity index (χ1v) is 14.2. The van der Waals surface area contributed by atoms with E-state index in [1.807, 2.05) is 42.5 Å². The van der Waals surface area contributed by atoms with Crippen LogP contribution in [-0.4, -0.2) is 86.9 Å². The molecule has 1 spiro atoms. The molecular formula is C31H38N4O5. The fraction of sp³-hybridized carbons (Fsp3) is 0.484. The topological polar surface area (TPSA) is 116 Å².